The molecule has 0 aliphatic carbocycles. The van der Waals surface area contributed by atoms with Gasteiger partial charge in [-0.15, -0.1) is 0 Å². The zero-order valence-corrected chi connectivity index (χ0v) is 26.2. The van der Waals surface area contributed by atoms with Crippen molar-refractivity contribution >= 4 is 75.4 Å². The summed E-state index contributed by atoms with van der Waals surface area (Å²) < 4.78 is 0. The molecular formula is C48H28. The first kappa shape index (κ1) is 25.9. The minimum absolute atomic E-state index is 1.23. The summed E-state index contributed by atoms with van der Waals surface area (Å²) in [5, 5.41) is 18.7. The van der Waals surface area contributed by atoms with Gasteiger partial charge in [-0.2, -0.15) is 0 Å². The van der Waals surface area contributed by atoms with Crippen LogP contribution < -0.4 is 0 Å². The number of hydrogen-bond donors (Lipinski definition) is 0. The Hall–Kier alpha value is -6.24. The zero-order chi connectivity index (χ0) is 31.3. The molecule has 0 amide bonds. The van der Waals surface area contributed by atoms with Gasteiger partial charge in [0, 0.05) is 0 Å². The van der Waals surface area contributed by atoms with Gasteiger partial charge >= 0.3 is 0 Å². The number of rotatable bonds is 3. The smallest absolute Gasteiger partial charge is 0.00195 e. The topological polar surface area (TPSA) is 0 Å². The summed E-state index contributed by atoms with van der Waals surface area (Å²) in [6.45, 7) is 0. The van der Waals surface area contributed by atoms with Gasteiger partial charge in [0.25, 0.3) is 0 Å². The van der Waals surface area contributed by atoms with Gasteiger partial charge in [0.05, 0.1) is 0 Å². The molecule has 0 fully saturated rings. The molecule has 0 N–H and O–H groups in total. The van der Waals surface area contributed by atoms with Crippen LogP contribution in [0.5, 0.6) is 0 Å². The van der Waals surface area contributed by atoms with Crippen LogP contribution in [0.15, 0.2) is 170 Å². The molecule has 0 aliphatic rings. The third kappa shape index (κ3) is 3.44. The van der Waals surface area contributed by atoms with Crippen molar-refractivity contribution in [2.24, 2.45) is 0 Å². The fraction of sp³-hybridized carbons (Fsp3) is 0. The lowest BCUT2D eigenvalue weighted by Crippen LogP contribution is -1.91. The molecule has 0 saturated heterocycles. The minimum atomic E-state index is 1.23. The summed E-state index contributed by atoms with van der Waals surface area (Å²) in [7, 11) is 0. The van der Waals surface area contributed by atoms with E-state index in [0.29, 0.717) is 0 Å². The van der Waals surface area contributed by atoms with E-state index < -0.39 is 0 Å². The Labute approximate surface area is 277 Å². The highest BCUT2D eigenvalue weighted by Crippen LogP contribution is 2.50. The quantitative estimate of drug-likeness (QED) is 0.176. The van der Waals surface area contributed by atoms with E-state index in [9.17, 15) is 0 Å². The fourth-order valence-electron chi connectivity index (χ4n) is 8.74. The molecule has 11 aromatic rings. The van der Waals surface area contributed by atoms with Crippen LogP contribution in [0.1, 0.15) is 0 Å². The second-order valence-electron chi connectivity index (χ2n) is 13.2. The first-order valence-corrected chi connectivity index (χ1v) is 16.8. The number of hydrogen-bond acceptors (Lipinski definition) is 0. The zero-order valence-electron chi connectivity index (χ0n) is 26.2. The molecule has 0 radical (unpaired) electrons. The molecule has 0 atom stereocenters. The predicted octanol–water partition coefficient (Wildman–Crippen LogP) is 13.6. The second-order valence-corrected chi connectivity index (χ2v) is 13.2. The Balaban J connectivity index is 1.36. The molecule has 0 nitrogen and oxygen atoms in total. The molecule has 0 aromatic heterocycles. The van der Waals surface area contributed by atoms with Crippen LogP contribution in [-0.4, -0.2) is 0 Å². The highest BCUT2D eigenvalue weighted by Gasteiger charge is 2.22. The van der Waals surface area contributed by atoms with Crippen molar-refractivity contribution in [1.29, 1.82) is 0 Å². The van der Waals surface area contributed by atoms with Crippen molar-refractivity contribution < 1.29 is 0 Å². The van der Waals surface area contributed by atoms with Crippen molar-refractivity contribution in [2.45, 2.75) is 0 Å². The monoisotopic (exact) mass is 604 g/mol. The van der Waals surface area contributed by atoms with Gasteiger partial charge in [0.1, 0.15) is 0 Å². The van der Waals surface area contributed by atoms with Crippen LogP contribution in [0, 0.1) is 0 Å². The van der Waals surface area contributed by atoms with Gasteiger partial charge in [0.15, 0.2) is 0 Å². The maximum Gasteiger partial charge on any atom is -0.00195 e. The molecule has 0 heteroatoms. The Morgan fingerprint density at radius 2 is 0.562 bits per heavy atom. The lowest BCUT2D eigenvalue weighted by Gasteiger charge is -2.18. The molecule has 0 spiro atoms. The summed E-state index contributed by atoms with van der Waals surface area (Å²) in [4.78, 5) is 0. The van der Waals surface area contributed by atoms with Crippen LogP contribution in [0.3, 0.4) is 0 Å². The fourth-order valence-corrected chi connectivity index (χ4v) is 8.74. The largest absolute Gasteiger partial charge is 0.0622 e. The van der Waals surface area contributed by atoms with Crippen molar-refractivity contribution in [3.8, 4) is 33.4 Å². The Morgan fingerprint density at radius 1 is 0.208 bits per heavy atom. The average Bonchev–Trinajstić information content (AvgIpc) is 3.66. The minimum Gasteiger partial charge on any atom is -0.0622 e. The lowest BCUT2D eigenvalue weighted by molar-refractivity contribution is 1.57. The van der Waals surface area contributed by atoms with Crippen molar-refractivity contribution in [1.82, 2.24) is 0 Å². The van der Waals surface area contributed by atoms with Gasteiger partial charge in [0.2, 0.25) is 0 Å². The Kier molecular flexibility index (Phi) is 5.20. The molecule has 0 heterocycles. The summed E-state index contributed by atoms with van der Waals surface area (Å²) in [5.41, 5.74) is 7.47. The van der Waals surface area contributed by atoms with E-state index >= 15 is 0 Å². The normalized spacial score (nSPS) is 12.2. The highest BCUT2D eigenvalue weighted by molar-refractivity contribution is 6.41. The Morgan fingerprint density at radius 3 is 1.10 bits per heavy atom. The predicted molar refractivity (Wildman–Crippen MR) is 208 cm³/mol. The highest BCUT2D eigenvalue weighted by atomic mass is 14.2. The molecule has 0 unspecified atom stereocenters. The summed E-state index contributed by atoms with van der Waals surface area (Å²) in [6, 6.07) is 63.2. The van der Waals surface area contributed by atoms with Crippen LogP contribution in [0.4, 0.5) is 0 Å². The van der Waals surface area contributed by atoms with Crippen molar-refractivity contribution in [3.63, 3.8) is 0 Å². The van der Waals surface area contributed by atoms with Crippen LogP contribution in [-0.2, 0) is 0 Å². The lowest BCUT2D eigenvalue weighted by atomic mass is 9.85. The van der Waals surface area contributed by atoms with E-state index in [0.717, 1.165) is 0 Å². The van der Waals surface area contributed by atoms with E-state index in [1.54, 1.807) is 0 Å². The molecule has 0 saturated carbocycles. The third-order valence-corrected chi connectivity index (χ3v) is 10.7. The van der Waals surface area contributed by atoms with Crippen LogP contribution in [0.25, 0.3) is 109 Å². The van der Waals surface area contributed by atoms with Gasteiger partial charge in [-0.1, -0.05) is 146 Å². The molecule has 220 valence electrons. The van der Waals surface area contributed by atoms with Crippen molar-refractivity contribution in [3.05, 3.63) is 170 Å². The summed E-state index contributed by atoms with van der Waals surface area (Å²) >= 11 is 0. The van der Waals surface area contributed by atoms with E-state index in [1.165, 1.54) is 109 Å². The Bertz CT molecular complexity index is 2970. The molecular weight excluding hydrogens is 577 g/mol. The SMILES string of the molecule is c1ccc(-c2cccc(-c3ccccc3)c2-c2cc3c4ccccc4c4cc5c(cc6c7ccccc7c7cccc5c76)c(c2)c34)cc1. The molecule has 0 aliphatic heterocycles. The molecule has 11 aromatic carbocycles. The second kappa shape index (κ2) is 9.64. The van der Waals surface area contributed by atoms with Crippen molar-refractivity contribution in [2.75, 3.05) is 0 Å². The van der Waals surface area contributed by atoms with Gasteiger partial charge in [-0.05, 0) is 133 Å². The van der Waals surface area contributed by atoms with Gasteiger partial charge < -0.3 is 0 Å². The van der Waals surface area contributed by atoms with E-state index in [4.69, 9.17) is 0 Å². The first-order valence-electron chi connectivity index (χ1n) is 16.8. The standard InChI is InChI=1S/C48H28/c1-3-13-29(14-4-1)32-21-11-22-33(30-15-5-2-6-16-30)46(32)31-25-42-36-19-9-10-20-37(36)45-27-40-39-24-12-23-38-34-17-7-8-18-35(34)44(47(38)39)28-41(40)43(26-31)48(42)45/h1-28H. The van der Waals surface area contributed by atoms with Crippen LogP contribution >= 0.6 is 0 Å². The van der Waals surface area contributed by atoms with Gasteiger partial charge in [-0.3, -0.25) is 0 Å². The van der Waals surface area contributed by atoms with E-state index in [2.05, 4.69) is 170 Å². The molecule has 11 rings (SSSR count). The van der Waals surface area contributed by atoms with Crippen LogP contribution in [0.2, 0.25) is 0 Å². The van der Waals surface area contributed by atoms with E-state index in [-0.39, 0.29) is 0 Å². The number of fused-ring (bicyclic) bond motifs is 9. The average molecular weight is 605 g/mol. The number of benzene rings is 9. The van der Waals surface area contributed by atoms with Gasteiger partial charge in [-0.25, -0.2) is 0 Å². The first-order chi connectivity index (χ1) is 23.8. The maximum atomic E-state index is 2.49. The summed E-state index contributed by atoms with van der Waals surface area (Å²) in [5.74, 6) is 0. The maximum absolute atomic E-state index is 2.49. The van der Waals surface area contributed by atoms with E-state index in [1.807, 2.05) is 0 Å². The third-order valence-electron chi connectivity index (χ3n) is 10.7. The summed E-state index contributed by atoms with van der Waals surface area (Å²) in [6.07, 6.45) is 0. The molecule has 0 bridgehead atoms. The molecule has 48 heavy (non-hydrogen) atoms.